The van der Waals surface area contributed by atoms with Crippen molar-refractivity contribution >= 4 is 28.5 Å². The Hall–Kier alpha value is -2.96. The first-order valence-corrected chi connectivity index (χ1v) is 8.79. The molecule has 1 aliphatic rings. The van der Waals surface area contributed by atoms with Crippen LogP contribution in [0, 0.1) is 6.92 Å². The fourth-order valence-corrected chi connectivity index (χ4v) is 3.32. The van der Waals surface area contributed by atoms with Crippen LogP contribution in [-0.2, 0) is 0 Å². The number of aryl methyl sites for hydroxylation is 1. The van der Waals surface area contributed by atoms with Gasteiger partial charge in [0.1, 0.15) is 23.0 Å². The van der Waals surface area contributed by atoms with Gasteiger partial charge in [0.2, 0.25) is 5.95 Å². The van der Waals surface area contributed by atoms with Crippen LogP contribution < -0.4 is 19.7 Å². The van der Waals surface area contributed by atoms with Gasteiger partial charge in [0.15, 0.2) is 0 Å². The van der Waals surface area contributed by atoms with Crippen LogP contribution in [0.4, 0.5) is 17.5 Å². The van der Waals surface area contributed by atoms with E-state index in [0.29, 0.717) is 0 Å². The maximum atomic E-state index is 5.48. The molecule has 3 heterocycles. The van der Waals surface area contributed by atoms with Crippen molar-refractivity contribution in [2.75, 3.05) is 37.5 Å². The summed E-state index contributed by atoms with van der Waals surface area (Å²) in [5.41, 5.74) is 2.69. The Morgan fingerprint density at radius 2 is 1.88 bits per heavy atom. The molecular weight excluding hydrogens is 330 g/mol. The number of hydrogen-bond acceptors (Lipinski definition) is 6. The van der Waals surface area contributed by atoms with E-state index in [1.54, 1.807) is 14.2 Å². The topological polar surface area (TPSA) is 75.3 Å². The maximum Gasteiger partial charge on any atom is 0.229 e. The van der Waals surface area contributed by atoms with Gasteiger partial charge in [0.25, 0.3) is 0 Å². The van der Waals surface area contributed by atoms with Crippen molar-refractivity contribution in [2.45, 2.75) is 19.8 Å². The number of benzene rings is 1. The van der Waals surface area contributed by atoms with Crippen molar-refractivity contribution < 1.29 is 9.47 Å². The highest BCUT2D eigenvalue weighted by atomic mass is 16.5. The average Bonchev–Trinajstić information content (AvgIpc) is 3.30. The molecule has 0 amide bonds. The quantitative estimate of drug-likeness (QED) is 0.730. The van der Waals surface area contributed by atoms with Crippen LogP contribution in [0.15, 0.2) is 24.3 Å². The Morgan fingerprint density at radius 3 is 2.62 bits per heavy atom. The molecule has 0 unspecified atom stereocenters. The van der Waals surface area contributed by atoms with Crippen molar-refractivity contribution in [1.82, 2.24) is 15.0 Å². The minimum absolute atomic E-state index is 0.729. The number of rotatable bonds is 5. The van der Waals surface area contributed by atoms with E-state index in [1.807, 2.05) is 25.1 Å². The fraction of sp³-hybridized carbons (Fsp3) is 0.368. The van der Waals surface area contributed by atoms with Crippen LogP contribution in [-0.4, -0.2) is 42.3 Å². The molecule has 0 bridgehead atoms. The molecular formula is C19H23N5O2. The Balaban J connectivity index is 1.80. The summed E-state index contributed by atoms with van der Waals surface area (Å²) < 4.78 is 10.8. The molecule has 7 heteroatoms. The summed E-state index contributed by atoms with van der Waals surface area (Å²) in [6.07, 6.45) is 2.36. The SMILES string of the molecule is COc1ccc(OC)c(Nc2nc(N3CCCC3)nc3[nH]c(C)cc23)c1. The number of hydrogen-bond donors (Lipinski definition) is 2. The van der Waals surface area contributed by atoms with E-state index in [0.717, 1.165) is 58.8 Å². The molecule has 0 radical (unpaired) electrons. The molecule has 0 saturated carbocycles. The number of anilines is 3. The zero-order valence-corrected chi connectivity index (χ0v) is 15.3. The van der Waals surface area contributed by atoms with Gasteiger partial charge in [-0.2, -0.15) is 9.97 Å². The minimum Gasteiger partial charge on any atom is -0.497 e. The van der Waals surface area contributed by atoms with Crippen molar-refractivity contribution in [3.63, 3.8) is 0 Å². The number of aromatic amines is 1. The Kier molecular flexibility index (Phi) is 4.28. The molecule has 1 aliphatic heterocycles. The molecule has 2 aromatic heterocycles. The number of H-pyrrole nitrogens is 1. The van der Waals surface area contributed by atoms with E-state index in [-0.39, 0.29) is 0 Å². The number of ether oxygens (including phenoxy) is 2. The third-order valence-electron chi connectivity index (χ3n) is 4.66. The molecule has 0 atom stereocenters. The number of nitrogens with one attached hydrogen (secondary N) is 2. The minimum atomic E-state index is 0.729. The van der Waals surface area contributed by atoms with Crippen LogP contribution in [0.2, 0.25) is 0 Å². The van der Waals surface area contributed by atoms with Gasteiger partial charge in [0.05, 0.1) is 25.3 Å². The van der Waals surface area contributed by atoms with Gasteiger partial charge < -0.3 is 24.7 Å². The summed E-state index contributed by atoms with van der Waals surface area (Å²) in [6.45, 7) is 4.01. The molecule has 136 valence electrons. The largest absolute Gasteiger partial charge is 0.497 e. The number of methoxy groups -OCH3 is 2. The van der Waals surface area contributed by atoms with Crippen molar-refractivity contribution in [1.29, 1.82) is 0 Å². The lowest BCUT2D eigenvalue weighted by Gasteiger charge is -2.17. The van der Waals surface area contributed by atoms with Crippen molar-refractivity contribution in [2.24, 2.45) is 0 Å². The van der Waals surface area contributed by atoms with E-state index in [1.165, 1.54) is 12.8 Å². The van der Waals surface area contributed by atoms with Crippen LogP contribution in [0.1, 0.15) is 18.5 Å². The first-order valence-electron chi connectivity index (χ1n) is 8.79. The predicted octanol–water partition coefficient (Wildman–Crippen LogP) is 3.63. The number of nitrogens with zero attached hydrogens (tertiary/aromatic N) is 3. The predicted molar refractivity (Wildman–Crippen MR) is 103 cm³/mol. The smallest absolute Gasteiger partial charge is 0.229 e. The lowest BCUT2D eigenvalue weighted by molar-refractivity contribution is 0.405. The molecule has 26 heavy (non-hydrogen) atoms. The molecule has 0 spiro atoms. The van der Waals surface area contributed by atoms with Gasteiger partial charge in [-0.15, -0.1) is 0 Å². The summed E-state index contributed by atoms with van der Waals surface area (Å²) in [6, 6.07) is 7.71. The molecule has 1 fully saturated rings. The summed E-state index contributed by atoms with van der Waals surface area (Å²) in [5.74, 6) is 2.99. The molecule has 0 aliphatic carbocycles. The zero-order chi connectivity index (χ0) is 18.1. The number of fused-ring (bicyclic) bond motifs is 1. The monoisotopic (exact) mass is 353 g/mol. The second-order valence-corrected chi connectivity index (χ2v) is 6.47. The zero-order valence-electron chi connectivity index (χ0n) is 15.3. The Labute approximate surface area is 152 Å². The lowest BCUT2D eigenvalue weighted by atomic mass is 10.2. The molecule has 3 aromatic rings. The highest BCUT2D eigenvalue weighted by molar-refractivity contribution is 5.91. The normalized spacial score (nSPS) is 14.0. The molecule has 2 N–H and O–H groups in total. The third kappa shape index (κ3) is 3.00. The summed E-state index contributed by atoms with van der Waals surface area (Å²) in [7, 11) is 3.30. The van der Waals surface area contributed by atoms with Gasteiger partial charge in [-0.05, 0) is 38.0 Å². The van der Waals surface area contributed by atoms with Crippen molar-refractivity contribution in [3.8, 4) is 11.5 Å². The fourth-order valence-electron chi connectivity index (χ4n) is 3.32. The highest BCUT2D eigenvalue weighted by Crippen LogP contribution is 2.34. The lowest BCUT2D eigenvalue weighted by Crippen LogP contribution is -2.20. The van der Waals surface area contributed by atoms with E-state index in [9.17, 15) is 0 Å². The van der Waals surface area contributed by atoms with Crippen LogP contribution in [0.5, 0.6) is 11.5 Å². The van der Waals surface area contributed by atoms with E-state index >= 15 is 0 Å². The average molecular weight is 353 g/mol. The Morgan fingerprint density at radius 1 is 1.08 bits per heavy atom. The summed E-state index contributed by atoms with van der Waals surface area (Å²) >= 11 is 0. The standard InChI is InChI=1S/C19H23N5O2/c1-12-10-14-17(20-12)22-19(24-8-4-5-9-24)23-18(14)21-15-11-13(25-2)6-7-16(15)26-3/h6-7,10-11H,4-5,8-9H2,1-3H3,(H2,20,21,22,23). The molecule has 1 saturated heterocycles. The van der Waals surface area contributed by atoms with E-state index in [4.69, 9.17) is 19.4 Å². The number of aromatic nitrogens is 3. The van der Waals surface area contributed by atoms with Gasteiger partial charge in [-0.1, -0.05) is 0 Å². The van der Waals surface area contributed by atoms with Crippen LogP contribution >= 0.6 is 0 Å². The van der Waals surface area contributed by atoms with Gasteiger partial charge in [-0.3, -0.25) is 0 Å². The van der Waals surface area contributed by atoms with Crippen LogP contribution in [0.25, 0.3) is 11.0 Å². The second kappa shape index (κ2) is 6.74. The highest BCUT2D eigenvalue weighted by Gasteiger charge is 2.19. The third-order valence-corrected chi connectivity index (χ3v) is 4.66. The van der Waals surface area contributed by atoms with E-state index in [2.05, 4.69) is 21.3 Å². The molecule has 4 rings (SSSR count). The Bertz CT molecular complexity index is 931. The summed E-state index contributed by atoms with van der Waals surface area (Å²) in [5, 5.41) is 4.37. The summed E-state index contributed by atoms with van der Waals surface area (Å²) in [4.78, 5) is 15.1. The van der Waals surface area contributed by atoms with Gasteiger partial charge in [0, 0.05) is 24.8 Å². The van der Waals surface area contributed by atoms with Gasteiger partial charge >= 0.3 is 0 Å². The van der Waals surface area contributed by atoms with Crippen molar-refractivity contribution in [3.05, 3.63) is 30.0 Å². The van der Waals surface area contributed by atoms with Gasteiger partial charge in [-0.25, -0.2) is 0 Å². The second-order valence-electron chi connectivity index (χ2n) is 6.47. The molecule has 7 nitrogen and oxygen atoms in total. The maximum absolute atomic E-state index is 5.48. The van der Waals surface area contributed by atoms with Crippen LogP contribution in [0.3, 0.4) is 0 Å². The first kappa shape index (κ1) is 16.5. The molecule has 1 aromatic carbocycles. The van der Waals surface area contributed by atoms with E-state index < -0.39 is 0 Å². The first-order chi connectivity index (χ1) is 12.7.